The molecule has 0 spiro atoms. The molecule has 9 nitrogen and oxygen atoms in total. The van der Waals surface area contributed by atoms with Crippen molar-refractivity contribution < 1.29 is 18.7 Å². The molecule has 10 heteroatoms. The van der Waals surface area contributed by atoms with Crippen LogP contribution in [0.15, 0.2) is 35.5 Å². The Hall–Kier alpha value is -3.27. The smallest absolute Gasteiger partial charge is 0.274 e. The van der Waals surface area contributed by atoms with E-state index in [1.54, 1.807) is 33.5 Å². The number of imidazole rings is 1. The van der Waals surface area contributed by atoms with E-state index in [0.717, 1.165) is 25.0 Å². The summed E-state index contributed by atoms with van der Waals surface area (Å²) in [6.07, 6.45) is 8.86. The number of hydrogen-bond donors (Lipinski definition) is 1. The van der Waals surface area contributed by atoms with E-state index in [-0.39, 0.29) is 40.3 Å². The minimum Gasteiger partial charge on any atom is -0.474 e. The fraction of sp³-hybridized carbons (Fsp3) is 0.520. The van der Waals surface area contributed by atoms with E-state index in [1.807, 2.05) is 20.0 Å². The maximum absolute atomic E-state index is 13.4. The highest BCUT2D eigenvalue weighted by Gasteiger charge is 2.64. The summed E-state index contributed by atoms with van der Waals surface area (Å²) in [5.74, 6) is 0.0672. The molecule has 7 rings (SSSR count). The molecular weight excluding hydrogens is 453 g/mol. The molecule has 1 N–H and O–H groups in total. The Morgan fingerprint density at radius 3 is 2.83 bits per heavy atom. The van der Waals surface area contributed by atoms with Crippen LogP contribution < -0.4 is 15.6 Å². The van der Waals surface area contributed by atoms with Crippen LogP contribution in [0.4, 0.5) is 10.1 Å². The van der Waals surface area contributed by atoms with Gasteiger partial charge in [0.05, 0.1) is 24.0 Å². The van der Waals surface area contributed by atoms with Gasteiger partial charge in [-0.15, -0.1) is 0 Å². The van der Waals surface area contributed by atoms with E-state index in [0.29, 0.717) is 25.2 Å². The van der Waals surface area contributed by atoms with Crippen molar-refractivity contribution in [1.29, 1.82) is 0 Å². The van der Waals surface area contributed by atoms with Gasteiger partial charge in [-0.2, -0.15) is 4.98 Å². The van der Waals surface area contributed by atoms with E-state index in [1.165, 1.54) is 0 Å². The average molecular weight is 482 g/mol. The molecule has 184 valence electrons. The Balaban J connectivity index is 1.35. The number of rotatable bonds is 8. The number of ether oxygens (including phenoxy) is 2. The Morgan fingerprint density at radius 2 is 2.14 bits per heavy atom. The fourth-order valence-electron chi connectivity index (χ4n) is 5.18. The third-order valence-corrected chi connectivity index (χ3v) is 7.47. The number of carbonyl (C=O) groups excluding carboxylic acids is 1. The van der Waals surface area contributed by atoms with Crippen molar-refractivity contribution >= 4 is 17.4 Å². The van der Waals surface area contributed by atoms with Crippen LogP contribution in [0.2, 0.25) is 0 Å². The van der Waals surface area contributed by atoms with Gasteiger partial charge in [-0.1, -0.05) is 6.92 Å². The van der Waals surface area contributed by atoms with E-state index in [2.05, 4.69) is 15.3 Å². The van der Waals surface area contributed by atoms with E-state index < -0.39 is 18.2 Å². The Bertz CT molecular complexity index is 1370. The predicted molar refractivity (Wildman–Crippen MR) is 126 cm³/mol. The second-order valence-corrected chi connectivity index (χ2v) is 10.2. The molecule has 2 bridgehead atoms. The summed E-state index contributed by atoms with van der Waals surface area (Å²) in [6.45, 7) is 3.80. The van der Waals surface area contributed by atoms with Crippen LogP contribution in [0, 0.1) is 0 Å². The summed E-state index contributed by atoms with van der Waals surface area (Å²) in [6, 6.07) is 3.56. The summed E-state index contributed by atoms with van der Waals surface area (Å²) < 4.78 is 28.4. The first-order valence-electron chi connectivity index (χ1n) is 12.1. The van der Waals surface area contributed by atoms with E-state index in [9.17, 15) is 14.0 Å². The minimum atomic E-state index is -0.678. The lowest BCUT2D eigenvalue weighted by molar-refractivity contribution is -0.0235. The molecule has 2 saturated carbocycles. The number of halogens is 1. The van der Waals surface area contributed by atoms with Crippen molar-refractivity contribution in [2.24, 2.45) is 0 Å². The van der Waals surface area contributed by atoms with Crippen LogP contribution in [0.3, 0.4) is 0 Å². The Kier molecular flexibility index (Phi) is 5.00. The summed E-state index contributed by atoms with van der Waals surface area (Å²) in [5, 5.41) is 2.75. The van der Waals surface area contributed by atoms with Crippen molar-refractivity contribution in [3.63, 3.8) is 0 Å². The molecule has 3 aromatic rings. The SMILES string of the molecule is CC[C@@H](C)Oc1nc2nc(C34COC(CF)(C3)C4)cn2cc1C(=O)Nc1cccn(C2CC2)c1=O. The molecule has 1 atom stereocenters. The molecular formula is C25H28FN5O4. The Labute approximate surface area is 201 Å². The highest BCUT2D eigenvalue weighted by Crippen LogP contribution is 2.58. The molecule has 0 unspecified atom stereocenters. The standard InChI is InChI=1S/C25H28FN5O4/c1-3-15(2)35-21-17(20(32)27-18-5-4-8-31(22(18)33)16-6-7-16)9-30-10-19(28-23(30)29-21)24-11-25(12-24,13-26)34-14-24/h4-5,8-10,15-16H,3,6-7,11-14H2,1-2H3,(H,27,32)/t15-,24?,25?/m1/s1. The highest BCUT2D eigenvalue weighted by molar-refractivity contribution is 6.05. The maximum atomic E-state index is 13.4. The first-order valence-corrected chi connectivity index (χ1v) is 12.1. The minimum absolute atomic E-state index is 0.159. The summed E-state index contributed by atoms with van der Waals surface area (Å²) in [4.78, 5) is 35.4. The van der Waals surface area contributed by atoms with Gasteiger partial charge in [-0.05, 0) is 51.2 Å². The third-order valence-electron chi connectivity index (χ3n) is 7.47. The first-order chi connectivity index (χ1) is 16.9. The highest BCUT2D eigenvalue weighted by atomic mass is 19.1. The van der Waals surface area contributed by atoms with Gasteiger partial charge in [-0.25, -0.2) is 9.37 Å². The molecule has 3 aromatic heterocycles. The van der Waals surface area contributed by atoms with Crippen molar-refractivity contribution in [2.45, 2.75) is 69.1 Å². The topological polar surface area (TPSA) is 99.8 Å². The molecule has 35 heavy (non-hydrogen) atoms. The molecule has 1 amide bonds. The predicted octanol–water partition coefficient (Wildman–Crippen LogP) is 3.43. The number of alkyl halides is 1. The lowest BCUT2D eigenvalue weighted by Gasteiger charge is -2.41. The molecule has 0 radical (unpaired) electrons. The van der Waals surface area contributed by atoms with Crippen molar-refractivity contribution in [1.82, 2.24) is 18.9 Å². The van der Waals surface area contributed by atoms with Crippen LogP contribution >= 0.6 is 0 Å². The number of nitrogens with one attached hydrogen (secondary N) is 1. The van der Waals surface area contributed by atoms with Crippen LogP contribution in [0.5, 0.6) is 5.88 Å². The van der Waals surface area contributed by atoms with Crippen molar-refractivity contribution in [2.75, 3.05) is 18.6 Å². The van der Waals surface area contributed by atoms with Gasteiger partial charge >= 0.3 is 0 Å². The lowest BCUT2D eigenvalue weighted by Crippen LogP contribution is -2.48. The van der Waals surface area contributed by atoms with E-state index >= 15 is 0 Å². The van der Waals surface area contributed by atoms with Gasteiger partial charge in [0.15, 0.2) is 0 Å². The number of carbonyl (C=O) groups is 1. The molecule has 2 saturated heterocycles. The van der Waals surface area contributed by atoms with Crippen molar-refractivity contribution in [3.8, 4) is 5.88 Å². The van der Waals surface area contributed by atoms with Gasteiger partial charge in [0, 0.05) is 30.0 Å². The molecule has 4 fully saturated rings. The average Bonchev–Trinajstić information content (AvgIpc) is 3.32. The second kappa shape index (κ2) is 7.87. The zero-order chi connectivity index (χ0) is 24.4. The van der Waals surface area contributed by atoms with Crippen LogP contribution in [0.1, 0.15) is 68.0 Å². The van der Waals surface area contributed by atoms with Gasteiger partial charge < -0.3 is 19.4 Å². The number of fused-ring (bicyclic) bond motifs is 2. The molecule has 2 aliphatic heterocycles. The zero-order valence-corrected chi connectivity index (χ0v) is 19.8. The number of hydrogen-bond acceptors (Lipinski definition) is 6. The van der Waals surface area contributed by atoms with E-state index in [4.69, 9.17) is 9.47 Å². The zero-order valence-electron chi connectivity index (χ0n) is 19.8. The van der Waals surface area contributed by atoms with Crippen molar-refractivity contribution in [3.05, 3.63) is 52.3 Å². The first kappa shape index (κ1) is 22.2. The van der Waals surface area contributed by atoms with Gasteiger partial charge in [0.2, 0.25) is 11.7 Å². The normalized spacial score (nSPS) is 25.9. The largest absolute Gasteiger partial charge is 0.474 e. The van der Waals surface area contributed by atoms with Gasteiger partial charge in [0.25, 0.3) is 11.5 Å². The van der Waals surface area contributed by atoms with Gasteiger partial charge in [-0.3, -0.25) is 14.0 Å². The van der Waals surface area contributed by atoms with Crippen LogP contribution in [0.25, 0.3) is 5.78 Å². The summed E-state index contributed by atoms with van der Waals surface area (Å²) in [5.41, 5.74) is -0.0402. The number of aromatic nitrogens is 4. The summed E-state index contributed by atoms with van der Waals surface area (Å²) in [7, 11) is 0. The van der Waals surface area contributed by atoms with Crippen LogP contribution in [-0.4, -0.2) is 49.8 Å². The monoisotopic (exact) mass is 481 g/mol. The molecule has 4 aliphatic rings. The molecule has 2 aliphatic carbocycles. The number of anilines is 1. The lowest BCUT2D eigenvalue weighted by atomic mass is 9.61. The maximum Gasteiger partial charge on any atom is 0.274 e. The second-order valence-electron chi connectivity index (χ2n) is 10.2. The third kappa shape index (κ3) is 3.62. The Morgan fingerprint density at radius 1 is 1.34 bits per heavy atom. The number of pyridine rings is 1. The summed E-state index contributed by atoms with van der Waals surface area (Å²) >= 11 is 0. The fourth-order valence-corrected chi connectivity index (χ4v) is 5.18. The molecule has 5 heterocycles. The number of amides is 1. The quantitative estimate of drug-likeness (QED) is 0.529. The number of nitrogens with zero attached hydrogens (tertiary/aromatic N) is 4. The molecule has 0 aromatic carbocycles. The van der Waals surface area contributed by atoms with Gasteiger partial charge in [0.1, 0.15) is 17.9 Å². The van der Waals surface area contributed by atoms with Crippen LogP contribution in [-0.2, 0) is 10.2 Å².